The molecule has 5 heteroatoms. The van der Waals surface area contributed by atoms with E-state index in [0.29, 0.717) is 4.47 Å². The highest BCUT2D eigenvalue weighted by Crippen LogP contribution is 2.24. The Kier molecular flexibility index (Phi) is 5.14. The van der Waals surface area contributed by atoms with Crippen LogP contribution in [0, 0.1) is 12.7 Å². The summed E-state index contributed by atoms with van der Waals surface area (Å²) in [4.78, 5) is 11.8. The van der Waals surface area contributed by atoms with Crippen molar-refractivity contribution in [2.45, 2.75) is 39.8 Å². The zero-order valence-corrected chi connectivity index (χ0v) is 12.6. The van der Waals surface area contributed by atoms with E-state index >= 15 is 0 Å². The number of aryl methyl sites for hydroxylation is 1. The van der Waals surface area contributed by atoms with E-state index in [-0.39, 0.29) is 23.8 Å². The number of benzene rings is 1. The monoisotopic (exact) mass is 316 g/mol. The van der Waals surface area contributed by atoms with Gasteiger partial charge in [0.1, 0.15) is 11.9 Å². The molecule has 0 heterocycles. The highest BCUT2D eigenvalue weighted by Gasteiger charge is 2.15. The van der Waals surface area contributed by atoms with Gasteiger partial charge in [0.25, 0.3) is 0 Å². The smallest absolute Gasteiger partial charge is 0.242 e. The predicted molar refractivity (Wildman–Crippen MR) is 75.2 cm³/mol. The molecule has 1 aromatic rings. The molecular weight excluding hydrogens is 299 g/mol. The van der Waals surface area contributed by atoms with Gasteiger partial charge in [0.2, 0.25) is 5.91 Å². The Morgan fingerprint density at radius 3 is 2.50 bits per heavy atom. The first kappa shape index (κ1) is 15.0. The van der Waals surface area contributed by atoms with Crippen LogP contribution in [0.15, 0.2) is 16.6 Å². The fourth-order valence-electron chi connectivity index (χ4n) is 1.51. The van der Waals surface area contributed by atoms with Crippen LogP contribution in [0.3, 0.4) is 0 Å². The van der Waals surface area contributed by atoms with E-state index in [1.165, 1.54) is 6.07 Å². The standard InChI is InChI=1S/C13H18BrFN2O/c1-7(2)16-13(18)9(4)17-12-6-10(14)11(15)5-8(12)3/h5-7,9,17H,1-4H3,(H,16,18). The molecule has 0 bridgehead atoms. The minimum absolute atomic E-state index is 0.0788. The molecule has 3 nitrogen and oxygen atoms in total. The molecule has 0 spiro atoms. The Labute approximate surface area is 115 Å². The fourth-order valence-corrected chi connectivity index (χ4v) is 1.85. The molecule has 1 atom stereocenters. The van der Waals surface area contributed by atoms with Gasteiger partial charge in [-0.3, -0.25) is 4.79 Å². The van der Waals surface area contributed by atoms with Crippen LogP contribution in [0.5, 0.6) is 0 Å². The van der Waals surface area contributed by atoms with Crippen molar-refractivity contribution in [3.8, 4) is 0 Å². The summed E-state index contributed by atoms with van der Waals surface area (Å²) in [5.74, 6) is -0.387. The number of carbonyl (C=O) groups excluding carboxylic acids is 1. The molecule has 18 heavy (non-hydrogen) atoms. The predicted octanol–water partition coefficient (Wildman–Crippen LogP) is 3.22. The van der Waals surface area contributed by atoms with Gasteiger partial charge in [-0.05, 0) is 61.3 Å². The highest BCUT2D eigenvalue weighted by atomic mass is 79.9. The van der Waals surface area contributed by atoms with Gasteiger partial charge >= 0.3 is 0 Å². The third-order valence-corrected chi connectivity index (χ3v) is 3.07. The van der Waals surface area contributed by atoms with Crippen molar-refractivity contribution in [3.63, 3.8) is 0 Å². The van der Waals surface area contributed by atoms with Crippen molar-refractivity contribution in [1.82, 2.24) is 5.32 Å². The fraction of sp³-hybridized carbons (Fsp3) is 0.462. The molecule has 0 saturated carbocycles. The summed E-state index contributed by atoms with van der Waals surface area (Å²) in [6.45, 7) is 7.38. The molecule has 0 aliphatic heterocycles. The number of hydrogen-bond donors (Lipinski definition) is 2. The van der Waals surface area contributed by atoms with Crippen LogP contribution in [0.25, 0.3) is 0 Å². The van der Waals surface area contributed by atoms with Crippen LogP contribution in [-0.4, -0.2) is 18.0 Å². The first-order valence-electron chi connectivity index (χ1n) is 5.83. The van der Waals surface area contributed by atoms with Crippen LogP contribution in [0.1, 0.15) is 26.3 Å². The lowest BCUT2D eigenvalue weighted by Gasteiger charge is -2.18. The summed E-state index contributed by atoms with van der Waals surface area (Å²) in [5.41, 5.74) is 1.51. The van der Waals surface area contributed by atoms with E-state index < -0.39 is 0 Å². The summed E-state index contributed by atoms with van der Waals surface area (Å²) in [6.07, 6.45) is 0. The van der Waals surface area contributed by atoms with Gasteiger partial charge in [0, 0.05) is 11.7 Å². The van der Waals surface area contributed by atoms with Crippen molar-refractivity contribution >= 4 is 27.5 Å². The first-order valence-corrected chi connectivity index (χ1v) is 6.63. The Balaban J connectivity index is 2.79. The second-order valence-electron chi connectivity index (χ2n) is 4.61. The van der Waals surface area contributed by atoms with Gasteiger partial charge in [0.15, 0.2) is 0 Å². The topological polar surface area (TPSA) is 41.1 Å². The number of carbonyl (C=O) groups is 1. The number of hydrogen-bond acceptors (Lipinski definition) is 2. The van der Waals surface area contributed by atoms with E-state index in [9.17, 15) is 9.18 Å². The zero-order chi connectivity index (χ0) is 13.9. The van der Waals surface area contributed by atoms with E-state index in [0.717, 1.165) is 11.3 Å². The average molecular weight is 317 g/mol. The number of anilines is 1. The van der Waals surface area contributed by atoms with Crippen LogP contribution >= 0.6 is 15.9 Å². The normalized spacial score (nSPS) is 12.4. The van der Waals surface area contributed by atoms with Gasteiger partial charge in [-0.25, -0.2) is 4.39 Å². The van der Waals surface area contributed by atoms with Crippen LogP contribution < -0.4 is 10.6 Å². The average Bonchev–Trinajstić information content (AvgIpc) is 2.24. The molecule has 1 amide bonds. The van der Waals surface area contributed by atoms with Crippen molar-refractivity contribution < 1.29 is 9.18 Å². The Morgan fingerprint density at radius 1 is 1.33 bits per heavy atom. The molecule has 0 aliphatic rings. The zero-order valence-electron chi connectivity index (χ0n) is 11.0. The van der Waals surface area contributed by atoms with Crippen LogP contribution in [0.2, 0.25) is 0 Å². The third kappa shape index (κ3) is 3.98. The first-order chi connectivity index (χ1) is 8.31. The second-order valence-corrected chi connectivity index (χ2v) is 5.46. The van der Waals surface area contributed by atoms with Gasteiger partial charge in [0.05, 0.1) is 4.47 Å². The molecule has 1 unspecified atom stereocenters. The van der Waals surface area contributed by atoms with E-state index in [1.54, 1.807) is 19.9 Å². The summed E-state index contributed by atoms with van der Waals surface area (Å²) >= 11 is 3.13. The molecule has 0 aromatic heterocycles. The maximum atomic E-state index is 13.3. The quantitative estimate of drug-likeness (QED) is 0.895. The molecule has 2 N–H and O–H groups in total. The Morgan fingerprint density at radius 2 is 1.94 bits per heavy atom. The number of nitrogens with one attached hydrogen (secondary N) is 2. The highest BCUT2D eigenvalue weighted by molar-refractivity contribution is 9.10. The molecule has 0 aliphatic carbocycles. The molecular formula is C13H18BrFN2O. The van der Waals surface area contributed by atoms with Gasteiger partial charge in [-0.1, -0.05) is 0 Å². The SMILES string of the molecule is Cc1cc(F)c(Br)cc1NC(C)C(=O)NC(C)C. The minimum atomic E-state index is -0.372. The lowest BCUT2D eigenvalue weighted by Crippen LogP contribution is -2.41. The van der Waals surface area contributed by atoms with Crippen molar-refractivity contribution in [1.29, 1.82) is 0 Å². The summed E-state index contributed by atoms with van der Waals surface area (Å²) in [6, 6.07) is 2.80. The van der Waals surface area contributed by atoms with E-state index in [1.807, 2.05) is 13.8 Å². The van der Waals surface area contributed by atoms with Crippen LogP contribution in [0.4, 0.5) is 10.1 Å². The van der Waals surface area contributed by atoms with E-state index in [4.69, 9.17) is 0 Å². The molecule has 1 aromatic carbocycles. The Hall–Kier alpha value is -1.10. The lowest BCUT2D eigenvalue weighted by atomic mass is 10.1. The van der Waals surface area contributed by atoms with Gasteiger partial charge in [-0.2, -0.15) is 0 Å². The number of halogens is 2. The Bertz CT molecular complexity index is 449. The molecule has 0 saturated heterocycles. The van der Waals surface area contributed by atoms with Crippen molar-refractivity contribution in [2.75, 3.05) is 5.32 Å². The van der Waals surface area contributed by atoms with Crippen molar-refractivity contribution in [3.05, 3.63) is 28.0 Å². The molecule has 100 valence electrons. The maximum Gasteiger partial charge on any atom is 0.242 e. The van der Waals surface area contributed by atoms with E-state index in [2.05, 4.69) is 26.6 Å². The molecule has 1 rings (SSSR count). The number of rotatable bonds is 4. The second kappa shape index (κ2) is 6.18. The largest absolute Gasteiger partial charge is 0.374 e. The summed E-state index contributed by atoms with van der Waals surface area (Å²) in [5, 5.41) is 5.90. The minimum Gasteiger partial charge on any atom is -0.374 e. The maximum absolute atomic E-state index is 13.3. The van der Waals surface area contributed by atoms with Crippen LogP contribution in [-0.2, 0) is 4.79 Å². The summed E-state index contributed by atoms with van der Waals surface area (Å²) in [7, 11) is 0. The molecule has 0 radical (unpaired) electrons. The van der Waals surface area contributed by atoms with Crippen molar-refractivity contribution in [2.24, 2.45) is 0 Å². The van der Waals surface area contributed by atoms with Gasteiger partial charge < -0.3 is 10.6 Å². The number of amides is 1. The molecule has 0 fully saturated rings. The third-order valence-electron chi connectivity index (χ3n) is 2.46. The van der Waals surface area contributed by atoms with Gasteiger partial charge in [-0.15, -0.1) is 0 Å². The lowest BCUT2D eigenvalue weighted by molar-refractivity contribution is -0.122. The summed E-state index contributed by atoms with van der Waals surface area (Å²) < 4.78 is 13.7.